The van der Waals surface area contributed by atoms with Crippen LogP contribution in [-0.4, -0.2) is 30.2 Å². The molecule has 2 aromatic carbocycles. The molecule has 0 radical (unpaired) electrons. The average Bonchev–Trinajstić information content (AvgIpc) is 2.67. The maximum Gasteiger partial charge on any atom is 0.116 e. The fraction of sp³-hybridized carbons (Fsp3) is 0.125. The Morgan fingerprint density at radius 2 is 1.90 bits per heavy atom. The van der Waals surface area contributed by atoms with Crippen LogP contribution >= 0.6 is 11.6 Å². The zero-order valence-corrected chi connectivity index (χ0v) is 12.2. The van der Waals surface area contributed by atoms with Crippen molar-refractivity contribution in [3.8, 4) is 0 Å². The van der Waals surface area contributed by atoms with Crippen LogP contribution < -0.4 is 0 Å². The number of hydroxylamine groups is 2. The third-order valence-electron chi connectivity index (χ3n) is 3.25. The second kappa shape index (κ2) is 5.68. The van der Waals surface area contributed by atoms with Gasteiger partial charge in [0.05, 0.1) is 17.9 Å². The summed E-state index contributed by atoms with van der Waals surface area (Å²) >= 11 is 6.11. The number of likely N-dealkylation sites (N-methyl/N-ethyl adjacent to an activating group) is 1. The van der Waals surface area contributed by atoms with Gasteiger partial charge in [0.2, 0.25) is 0 Å². The Kier molecular flexibility index (Phi) is 3.73. The van der Waals surface area contributed by atoms with Crippen LogP contribution in [-0.2, 0) is 0 Å². The molecule has 4 nitrogen and oxygen atoms in total. The van der Waals surface area contributed by atoms with E-state index < -0.39 is 0 Å². The molecule has 1 heterocycles. The van der Waals surface area contributed by atoms with Crippen molar-refractivity contribution in [3.05, 3.63) is 69.9 Å². The summed E-state index contributed by atoms with van der Waals surface area (Å²) in [6.45, 7) is 0.247. The summed E-state index contributed by atoms with van der Waals surface area (Å²) in [6.07, 6.45) is 0. The van der Waals surface area contributed by atoms with Crippen LogP contribution in [0.1, 0.15) is 11.1 Å². The van der Waals surface area contributed by atoms with E-state index in [0.29, 0.717) is 16.5 Å². The van der Waals surface area contributed by atoms with Crippen molar-refractivity contribution in [3.63, 3.8) is 0 Å². The standard InChI is InChI=1S/C16H13ClN3O/c1-20(21)15-10-18-16(11-5-3-2-4-6-11)13-9-12(17)7-8-14(13)19-15/h2-9H,10H2,1H3/q-1. The fourth-order valence-electron chi connectivity index (χ4n) is 2.22. The van der Waals surface area contributed by atoms with Crippen LogP contribution in [0.2, 0.25) is 5.02 Å². The summed E-state index contributed by atoms with van der Waals surface area (Å²) in [6, 6.07) is 15.2. The molecule has 0 aromatic heterocycles. The van der Waals surface area contributed by atoms with Crippen molar-refractivity contribution in [2.45, 2.75) is 0 Å². The van der Waals surface area contributed by atoms with Gasteiger partial charge in [-0.15, -0.1) is 0 Å². The Hall–Kier alpha value is -2.17. The molecule has 0 unspecified atom stereocenters. The van der Waals surface area contributed by atoms with Crippen LogP contribution in [0.15, 0.2) is 58.5 Å². The first-order valence-corrected chi connectivity index (χ1v) is 6.91. The first-order chi connectivity index (χ1) is 10.1. The molecule has 1 aliphatic rings. The van der Waals surface area contributed by atoms with E-state index in [0.717, 1.165) is 21.9 Å². The molecule has 0 aliphatic carbocycles. The minimum absolute atomic E-state index is 0.247. The molecule has 0 atom stereocenters. The Labute approximate surface area is 128 Å². The molecule has 0 saturated heterocycles. The van der Waals surface area contributed by atoms with Gasteiger partial charge in [-0.1, -0.05) is 41.9 Å². The van der Waals surface area contributed by atoms with Crippen molar-refractivity contribution in [1.29, 1.82) is 0 Å². The molecule has 0 amide bonds. The number of nitrogens with zero attached hydrogens (tertiary/aromatic N) is 3. The molecule has 0 N–H and O–H groups in total. The maximum atomic E-state index is 11.6. The first-order valence-electron chi connectivity index (χ1n) is 6.53. The van der Waals surface area contributed by atoms with Gasteiger partial charge in [0, 0.05) is 16.1 Å². The summed E-state index contributed by atoms with van der Waals surface area (Å²) in [4.78, 5) is 8.98. The molecule has 5 heteroatoms. The van der Waals surface area contributed by atoms with Crippen LogP contribution in [0.25, 0.3) is 0 Å². The van der Waals surface area contributed by atoms with Gasteiger partial charge in [-0.2, -0.15) is 0 Å². The van der Waals surface area contributed by atoms with E-state index in [1.165, 1.54) is 7.05 Å². The predicted molar refractivity (Wildman–Crippen MR) is 86.6 cm³/mol. The van der Waals surface area contributed by atoms with Gasteiger partial charge in [-0.05, 0) is 25.2 Å². The van der Waals surface area contributed by atoms with Crippen molar-refractivity contribution in [2.24, 2.45) is 9.98 Å². The predicted octanol–water partition coefficient (Wildman–Crippen LogP) is 3.65. The zero-order valence-electron chi connectivity index (χ0n) is 11.5. The highest BCUT2D eigenvalue weighted by molar-refractivity contribution is 6.31. The summed E-state index contributed by atoms with van der Waals surface area (Å²) in [5, 5.41) is 12.9. The Morgan fingerprint density at radius 1 is 1.14 bits per heavy atom. The molecule has 0 spiro atoms. The monoisotopic (exact) mass is 298 g/mol. The van der Waals surface area contributed by atoms with E-state index in [1.54, 1.807) is 6.07 Å². The normalized spacial score (nSPS) is 13.9. The molecular weight excluding hydrogens is 286 g/mol. The SMILES string of the molecule is CN([O-])C1=Nc2ccc(Cl)cc2C(c2ccccc2)=NC1. The fourth-order valence-corrected chi connectivity index (χ4v) is 2.39. The minimum Gasteiger partial charge on any atom is -0.758 e. The minimum atomic E-state index is 0.247. The summed E-state index contributed by atoms with van der Waals surface area (Å²) < 4.78 is 0. The molecule has 106 valence electrons. The first kappa shape index (κ1) is 13.8. The zero-order chi connectivity index (χ0) is 14.8. The van der Waals surface area contributed by atoms with Crippen LogP contribution in [0.5, 0.6) is 0 Å². The molecule has 0 fully saturated rings. The van der Waals surface area contributed by atoms with Crippen LogP contribution in [0.3, 0.4) is 0 Å². The maximum absolute atomic E-state index is 11.6. The lowest BCUT2D eigenvalue weighted by Crippen LogP contribution is -2.22. The largest absolute Gasteiger partial charge is 0.758 e. The Balaban J connectivity index is 2.19. The molecule has 3 rings (SSSR count). The summed E-state index contributed by atoms with van der Waals surface area (Å²) in [5.41, 5.74) is 3.32. The van der Waals surface area contributed by atoms with Crippen molar-refractivity contribution in [1.82, 2.24) is 5.06 Å². The third-order valence-corrected chi connectivity index (χ3v) is 3.49. The van der Waals surface area contributed by atoms with Gasteiger partial charge in [0.25, 0.3) is 0 Å². The van der Waals surface area contributed by atoms with Gasteiger partial charge in [0.15, 0.2) is 0 Å². The second-order valence-corrected chi connectivity index (χ2v) is 5.15. The van der Waals surface area contributed by atoms with Gasteiger partial charge < -0.3 is 10.3 Å². The van der Waals surface area contributed by atoms with Crippen LogP contribution in [0.4, 0.5) is 5.69 Å². The molecule has 0 bridgehead atoms. The van der Waals surface area contributed by atoms with E-state index in [2.05, 4.69) is 9.98 Å². The number of fused-ring (bicyclic) bond motifs is 1. The highest BCUT2D eigenvalue weighted by Crippen LogP contribution is 2.28. The molecule has 2 aromatic rings. The van der Waals surface area contributed by atoms with E-state index in [1.807, 2.05) is 42.5 Å². The van der Waals surface area contributed by atoms with Gasteiger partial charge in [-0.25, -0.2) is 4.99 Å². The highest BCUT2D eigenvalue weighted by Gasteiger charge is 2.16. The van der Waals surface area contributed by atoms with E-state index in [9.17, 15) is 5.21 Å². The smallest absolute Gasteiger partial charge is 0.116 e. The number of aliphatic imine (C=N–C) groups is 2. The lowest BCUT2D eigenvalue weighted by molar-refractivity contribution is 0.681. The number of hydrogen-bond acceptors (Lipinski definition) is 4. The molecule has 1 aliphatic heterocycles. The summed E-state index contributed by atoms with van der Waals surface area (Å²) in [5.74, 6) is 0.379. The van der Waals surface area contributed by atoms with E-state index in [4.69, 9.17) is 11.6 Å². The van der Waals surface area contributed by atoms with Crippen LogP contribution in [0, 0.1) is 5.21 Å². The van der Waals surface area contributed by atoms with E-state index in [-0.39, 0.29) is 6.54 Å². The van der Waals surface area contributed by atoms with Gasteiger partial charge in [0.1, 0.15) is 5.84 Å². The molecular formula is C16H13ClN3O-. The van der Waals surface area contributed by atoms with Crippen molar-refractivity contribution in [2.75, 3.05) is 13.6 Å². The molecule has 0 saturated carbocycles. The van der Waals surface area contributed by atoms with E-state index >= 15 is 0 Å². The van der Waals surface area contributed by atoms with Gasteiger partial charge in [-0.3, -0.25) is 4.99 Å². The van der Waals surface area contributed by atoms with Crippen molar-refractivity contribution >= 4 is 28.8 Å². The van der Waals surface area contributed by atoms with Gasteiger partial charge >= 0.3 is 0 Å². The topological polar surface area (TPSA) is 51.0 Å². The number of benzene rings is 2. The Morgan fingerprint density at radius 3 is 2.62 bits per heavy atom. The average molecular weight is 299 g/mol. The summed E-state index contributed by atoms with van der Waals surface area (Å²) in [7, 11) is 1.43. The third kappa shape index (κ3) is 2.82. The quantitative estimate of drug-likeness (QED) is 0.755. The Bertz CT molecular complexity index is 724. The van der Waals surface area contributed by atoms with Crippen molar-refractivity contribution < 1.29 is 0 Å². The number of hydrogen-bond donors (Lipinski definition) is 0. The lowest BCUT2D eigenvalue weighted by Gasteiger charge is -2.24. The number of rotatable bonds is 1. The highest BCUT2D eigenvalue weighted by atomic mass is 35.5. The molecule has 21 heavy (non-hydrogen) atoms. The number of halogens is 1. The lowest BCUT2D eigenvalue weighted by atomic mass is 10.0. The second-order valence-electron chi connectivity index (χ2n) is 4.72. The number of amidine groups is 1.